The van der Waals surface area contributed by atoms with Gasteiger partial charge in [0.1, 0.15) is 114 Å². The molecule has 11 bridgehead atoms. The highest BCUT2D eigenvalue weighted by Gasteiger charge is 2.53. The summed E-state index contributed by atoms with van der Waals surface area (Å²) in [5.74, 6) is -17.0. The number of benzene rings is 7. The van der Waals surface area contributed by atoms with Crippen molar-refractivity contribution in [1.29, 1.82) is 0 Å². The number of primary amides is 1. The number of carbonyl (C=O) groups excluding carboxylic acids is 7. The summed E-state index contributed by atoms with van der Waals surface area (Å²) in [6, 6.07) is 12.5. The maximum atomic E-state index is 16.5. The van der Waals surface area contributed by atoms with Crippen LogP contribution in [-0.4, -0.2) is 262 Å². The number of nitrogens with one attached hydrogen (secondary N) is 9. The fourth-order valence-electron chi connectivity index (χ4n) is 16.3. The number of hydrogen-bond acceptors (Lipinski definition) is 32. The van der Waals surface area contributed by atoms with Crippen LogP contribution < -0.4 is 67.8 Å². The van der Waals surface area contributed by atoms with Gasteiger partial charge in [0.15, 0.2) is 36.2 Å². The van der Waals surface area contributed by atoms with E-state index < -0.39 is 297 Å². The average molecular weight is 1890 g/mol. The fourth-order valence-corrected chi connectivity index (χ4v) is 16.9. The van der Waals surface area contributed by atoms with E-state index in [1.165, 1.54) is 19.2 Å². The molecule has 8 aliphatic heterocycles. The minimum Gasteiger partial charge on any atom is -0.507 e. The molecular weight excluding hydrogens is 1780 g/mol. The second kappa shape index (κ2) is 41.6. The first-order valence-electron chi connectivity index (χ1n) is 41.7. The van der Waals surface area contributed by atoms with Gasteiger partial charge in [-0.1, -0.05) is 103 Å². The summed E-state index contributed by atoms with van der Waals surface area (Å²) >= 11 is 20.6. The molecule has 3 fully saturated rings. The van der Waals surface area contributed by atoms with E-state index in [4.69, 9.17) is 78.4 Å². The van der Waals surface area contributed by atoms with Crippen molar-refractivity contribution in [3.63, 3.8) is 0 Å². The Labute approximate surface area is 762 Å². The summed E-state index contributed by atoms with van der Waals surface area (Å²) in [6.45, 7) is 4.09. The highest BCUT2D eigenvalue weighted by Crippen LogP contribution is 2.51. The Morgan fingerprint density at radius 1 is 0.618 bits per heavy atom. The van der Waals surface area contributed by atoms with Crippen LogP contribution in [0.1, 0.15) is 116 Å². The molecule has 0 aliphatic carbocycles. The Bertz CT molecular complexity index is 5400. The molecule has 7 amide bonds. The fraction of sp³-hybridized carbons (Fsp3) is 0.432. The van der Waals surface area contributed by atoms with Crippen molar-refractivity contribution in [2.75, 3.05) is 33.4 Å². The number of phenolic OH excluding ortho intramolecular Hbond substituents is 3. The lowest BCUT2D eigenvalue weighted by Gasteiger charge is -2.48. The van der Waals surface area contributed by atoms with Crippen LogP contribution in [0.25, 0.3) is 22.3 Å². The van der Waals surface area contributed by atoms with Gasteiger partial charge in [-0.3, -0.25) is 33.6 Å². The number of hydrogen-bond donors (Lipinski definition) is 24. The number of halogens is 3. The lowest BCUT2D eigenvalue weighted by molar-refractivity contribution is -0.334. The summed E-state index contributed by atoms with van der Waals surface area (Å²) in [4.78, 5) is 120. The number of likely N-dealkylation sites (N-methyl/N-ethyl adjacent to an activating group) is 1. The van der Waals surface area contributed by atoms with Gasteiger partial charge in [-0.2, -0.15) is 0 Å². The first-order valence-corrected chi connectivity index (χ1v) is 42.8. The number of aromatic hydroxyl groups is 3. The number of carbonyl (C=O) groups is 8. The van der Waals surface area contributed by atoms with E-state index in [-0.39, 0.29) is 55.3 Å². The van der Waals surface area contributed by atoms with E-state index in [1.807, 2.05) is 36.4 Å². The number of nitrogens with two attached hydrogens (primary N) is 1. The Kier molecular flexibility index (Phi) is 31.0. The number of aliphatic hydroxyl groups is 10. The number of phenols is 3. The molecule has 23 atom stereocenters. The normalized spacial score (nSPS) is 28.9. The number of carboxylic acid groups (broad SMARTS) is 1. The zero-order valence-corrected chi connectivity index (χ0v) is 73.0. The molecular formula is C88H101Cl3N10O30. The molecule has 7 aromatic carbocycles. The van der Waals surface area contributed by atoms with Crippen LogP contribution in [0.5, 0.6) is 46.0 Å². The molecule has 15 rings (SSSR count). The van der Waals surface area contributed by atoms with Gasteiger partial charge in [0, 0.05) is 53.3 Å². The third-order valence-electron chi connectivity index (χ3n) is 23.6. The van der Waals surface area contributed by atoms with Gasteiger partial charge in [-0.05, 0) is 139 Å². The summed E-state index contributed by atoms with van der Waals surface area (Å²) < 4.78 is 50.6. The van der Waals surface area contributed by atoms with Crippen LogP contribution in [0.15, 0.2) is 121 Å². The highest BCUT2D eigenvalue weighted by atomic mass is 35.5. The van der Waals surface area contributed by atoms with Gasteiger partial charge in [0.05, 0.1) is 60.1 Å². The smallest absolute Gasteiger partial charge is 0.330 e. The van der Waals surface area contributed by atoms with E-state index in [2.05, 4.69) is 47.9 Å². The maximum absolute atomic E-state index is 16.5. The molecule has 0 saturated carbocycles. The van der Waals surface area contributed by atoms with Crippen LogP contribution in [-0.2, 0) is 75.1 Å². The lowest BCUT2D eigenvalue weighted by Crippen LogP contribution is -2.65. The molecule has 0 unspecified atom stereocenters. The Morgan fingerprint density at radius 3 is 1.81 bits per heavy atom. The quantitative estimate of drug-likeness (QED) is 0.0378. The molecule has 43 heteroatoms. The van der Waals surface area contributed by atoms with Gasteiger partial charge in [-0.15, -0.1) is 0 Å². The molecule has 0 radical (unpaired) electrons. The number of rotatable bonds is 24. The highest BCUT2D eigenvalue weighted by molar-refractivity contribution is 6.32. The molecule has 8 heterocycles. The SMILES string of the molecule is CN[C@H](CC(C)C)C(=O)N[C@H]1C(=O)N[C@@H](CC(N)=O)C(=O)N[C@H]2C(=O)N[C@H]3C(=O)N[C@H](C(=O)N[C@H](C(=O)O)c4cc(O)c(CNCCO[C@H]5O[C@H](CO)[C@@H](O)[C@H](O)[C@@H]5O)c(O)c4-c4cc3ccc4O)[C@H](O)c3ccc(c(Cl)c3)Oc3cc2cc(c3O[C@@H]2O[C@H](CO)[C@@H](O)[C@H](O)[C@H]2O[C@H]2C[C@](C)(NCc3ccc(-c4ccc(Cl)cc4)cc3)[C@H](O)[C@H](C)O2)Oc2ccc(cc2Cl)[C@H]1O. The summed E-state index contributed by atoms with van der Waals surface area (Å²) in [5.41, 5.74) is 3.28. The van der Waals surface area contributed by atoms with Crippen molar-refractivity contribution >= 4 is 82.1 Å². The third kappa shape index (κ3) is 21.6. The molecule has 25 N–H and O–H groups in total. The van der Waals surface area contributed by atoms with Crippen LogP contribution in [0.4, 0.5) is 0 Å². The standard InChI is InChI=1S/C88H101Cl3N10O30/c1-35(2)22-50(93-5)79(116)100-66-68(107)41-13-18-54(48(90)24-41)126-56-26-43-27-57(76(56)131-87-77(74(113)72(111)59(34-103)129-87)130-61-30-88(4,78(115)36(3)125-61)95-31-37-6-8-38(9-7-37)39-10-15-44(89)16-11-39)127-55-19-14-42(25-49(55)91)69(108)67-84(121)99-65(85(122)123)46-28-53(105)47(32-94-20-21-124-86-75(114)73(112)71(110)58(33-102)128-86)70(109)62(46)45-23-40(12-17-52(45)104)63(81(118)101-67)98-82(119)64(43)97-80(117)51(29-60(92)106)96-83(66)120/h6-19,23-28,35-36,50-51,58-59,61,63-69,71-75,77-78,86-87,93-95,102-105,107-115H,20-22,29-34H2,1-5H3,(H2,92,106)(H,96,120)(H,97,117)(H,98,119)(H,99,121)(H,100,116)(H,101,118)(H,122,123)/t36-,50+,51-,58+,59+,61-,63+,64+,65-,66+,67-,68+,69+,71+,72+,73-,74-,75-,77+,78+,86-,87-,88-/m0/s1. The second-order valence-electron chi connectivity index (χ2n) is 33.2. The van der Waals surface area contributed by atoms with Gasteiger partial charge in [-0.25, -0.2) is 4.79 Å². The van der Waals surface area contributed by atoms with Gasteiger partial charge < -0.3 is 163 Å². The van der Waals surface area contributed by atoms with E-state index in [0.29, 0.717) is 5.02 Å². The Hall–Kier alpha value is -10.8. The minimum atomic E-state index is -2.44. The largest absolute Gasteiger partial charge is 0.507 e. The average Bonchev–Trinajstić information content (AvgIpc) is 0.758. The van der Waals surface area contributed by atoms with Crippen molar-refractivity contribution in [2.45, 2.75) is 200 Å². The van der Waals surface area contributed by atoms with Crippen LogP contribution >= 0.6 is 34.8 Å². The lowest BCUT2D eigenvalue weighted by atomic mass is 9.84. The molecule has 7 aromatic rings. The number of aliphatic hydroxyl groups excluding tert-OH is 10. The van der Waals surface area contributed by atoms with Gasteiger partial charge >= 0.3 is 5.97 Å². The number of carboxylic acids is 1. The molecule has 40 nitrogen and oxygen atoms in total. The summed E-state index contributed by atoms with van der Waals surface area (Å²) in [6.07, 6.45) is -27.4. The Morgan fingerprint density at radius 2 is 1.21 bits per heavy atom. The third-order valence-corrected chi connectivity index (χ3v) is 24.4. The first-order chi connectivity index (χ1) is 62.3. The zero-order chi connectivity index (χ0) is 94.6. The summed E-state index contributed by atoms with van der Waals surface area (Å²) in [5, 5.41) is 184. The van der Waals surface area contributed by atoms with Gasteiger partial charge in [0.25, 0.3) is 0 Å². The van der Waals surface area contributed by atoms with Crippen LogP contribution in [0.3, 0.4) is 0 Å². The van der Waals surface area contributed by atoms with Crippen molar-refractivity contribution in [1.82, 2.24) is 47.9 Å². The van der Waals surface area contributed by atoms with Crippen molar-refractivity contribution in [3.8, 4) is 68.2 Å². The monoisotopic (exact) mass is 1880 g/mol. The molecule has 0 spiro atoms. The minimum absolute atomic E-state index is 0.135. The van der Waals surface area contributed by atoms with Crippen molar-refractivity contribution in [2.24, 2.45) is 11.7 Å². The van der Waals surface area contributed by atoms with E-state index in [0.717, 1.165) is 77.4 Å². The molecule has 704 valence electrons. The molecule has 131 heavy (non-hydrogen) atoms. The first kappa shape index (κ1) is 97.8. The van der Waals surface area contributed by atoms with Crippen molar-refractivity contribution in [3.05, 3.63) is 175 Å². The number of amides is 7. The molecule has 3 saturated heterocycles. The topological polar surface area (TPSA) is 628 Å². The predicted octanol–water partition coefficient (Wildman–Crippen LogP) is 1.16. The van der Waals surface area contributed by atoms with E-state index in [1.54, 1.807) is 39.8 Å². The molecule has 0 aromatic heterocycles. The number of ether oxygens (including phenoxy) is 8. The van der Waals surface area contributed by atoms with Crippen LogP contribution in [0, 0.1) is 5.92 Å². The van der Waals surface area contributed by atoms with Crippen LogP contribution in [0.2, 0.25) is 15.1 Å². The maximum Gasteiger partial charge on any atom is 0.330 e. The Balaban J connectivity index is 0.962. The van der Waals surface area contributed by atoms with Gasteiger partial charge in [0.2, 0.25) is 53.4 Å². The zero-order valence-electron chi connectivity index (χ0n) is 70.7. The number of aliphatic carboxylic acids is 1. The summed E-state index contributed by atoms with van der Waals surface area (Å²) in [7, 11) is 1.46. The second-order valence-corrected chi connectivity index (χ2v) is 34.4. The molecule has 8 aliphatic rings. The van der Waals surface area contributed by atoms with E-state index >= 15 is 24.0 Å². The van der Waals surface area contributed by atoms with Crippen molar-refractivity contribution < 1.29 is 148 Å². The van der Waals surface area contributed by atoms with E-state index in [9.17, 15) is 85.9 Å². The predicted molar refractivity (Wildman–Crippen MR) is 460 cm³/mol. The number of fused-ring (bicyclic) bond motifs is 15.